The van der Waals surface area contributed by atoms with Gasteiger partial charge < -0.3 is 15.4 Å². The highest BCUT2D eigenvalue weighted by Gasteiger charge is 2.14. The standard InChI is InChI=1S/C17H32N2O2S/c20-17(14-22-13-16-9-5-6-12-21-16)19-11-10-18-15-7-3-1-2-4-8-15/h15-16,18H,1-14H2,(H,19,20). The Balaban J connectivity index is 1.43. The van der Waals surface area contributed by atoms with Crippen LogP contribution in [0.15, 0.2) is 0 Å². The van der Waals surface area contributed by atoms with Crippen LogP contribution in [0.5, 0.6) is 0 Å². The Bertz CT molecular complexity index is 301. The summed E-state index contributed by atoms with van der Waals surface area (Å²) in [5.41, 5.74) is 0. The van der Waals surface area contributed by atoms with Gasteiger partial charge in [0.15, 0.2) is 0 Å². The SMILES string of the molecule is O=C(CSCC1CCCCO1)NCCNC1CCCCCC1. The van der Waals surface area contributed by atoms with Gasteiger partial charge in [-0.05, 0) is 32.1 Å². The van der Waals surface area contributed by atoms with Gasteiger partial charge >= 0.3 is 0 Å². The molecule has 0 spiro atoms. The molecule has 22 heavy (non-hydrogen) atoms. The Hall–Kier alpha value is -0.260. The molecule has 2 aliphatic rings. The Morgan fingerprint density at radius 2 is 1.77 bits per heavy atom. The highest BCUT2D eigenvalue weighted by Crippen LogP contribution is 2.17. The summed E-state index contributed by atoms with van der Waals surface area (Å²) in [5, 5.41) is 6.60. The maximum absolute atomic E-state index is 11.8. The molecule has 1 heterocycles. The van der Waals surface area contributed by atoms with Crippen molar-refractivity contribution in [3.8, 4) is 0 Å². The van der Waals surface area contributed by atoms with E-state index in [4.69, 9.17) is 4.74 Å². The second-order valence-electron chi connectivity index (χ2n) is 6.50. The van der Waals surface area contributed by atoms with Crippen LogP contribution in [0.2, 0.25) is 0 Å². The van der Waals surface area contributed by atoms with Crippen LogP contribution in [0.1, 0.15) is 57.8 Å². The first-order valence-electron chi connectivity index (χ1n) is 9.04. The van der Waals surface area contributed by atoms with Crippen molar-refractivity contribution in [2.75, 3.05) is 31.2 Å². The summed E-state index contributed by atoms with van der Waals surface area (Å²) in [6, 6.07) is 0.664. The van der Waals surface area contributed by atoms with Gasteiger partial charge in [0, 0.05) is 31.5 Å². The van der Waals surface area contributed by atoms with Crippen LogP contribution >= 0.6 is 11.8 Å². The molecule has 1 saturated carbocycles. The third-order valence-electron chi connectivity index (χ3n) is 4.55. The fraction of sp³-hybridized carbons (Fsp3) is 0.941. The number of hydrogen-bond donors (Lipinski definition) is 2. The lowest BCUT2D eigenvalue weighted by Gasteiger charge is -2.21. The molecule has 1 aliphatic carbocycles. The minimum atomic E-state index is 0.156. The van der Waals surface area contributed by atoms with E-state index in [9.17, 15) is 4.79 Å². The molecule has 5 heteroatoms. The first-order valence-corrected chi connectivity index (χ1v) is 10.2. The zero-order valence-electron chi connectivity index (χ0n) is 13.8. The number of amides is 1. The van der Waals surface area contributed by atoms with Crippen molar-refractivity contribution < 1.29 is 9.53 Å². The molecule has 128 valence electrons. The van der Waals surface area contributed by atoms with Crippen molar-refractivity contribution in [2.24, 2.45) is 0 Å². The summed E-state index contributed by atoms with van der Waals surface area (Å²) in [7, 11) is 0. The molecule has 0 aromatic heterocycles. The van der Waals surface area contributed by atoms with Gasteiger partial charge in [-0.25, -0.2) is 0 Å². The predicted octanol–water partition coefficient (Wildman–Crippen LogP) is 2.72. The Kier molecular flexibility index (Phi) is 9.29. The lowest BCUT2D eigenvalue weighted by atomic mass is 10.1. The van der Waals surface area contributed by atoms with E-state index >= 15 is 0 Å². The van der Waals surface area contributed by atoms with Crippen LogP contribution in [0, 0.1) is 0 Å². The number of nitrogens with one attached hydrogen (secondary N) is 2. The van der Waals surface area contributed by atoms with E-state index in [1.807, 2.05) is 0 Å². The van der Waals surface area contributed by atoms with E-state index in [1.165, 1.54) is 51.4 Å². The van der Waals surface area contributed by atoms with Crippen molar-refractivity contribution in [1.29, 1.82) is 0 Å². The predicted molar refractivity (Wildman–Crippen MR) is 93.4 cm³/mol. The van der Waals surface area contributed by atoms with E-state index in [2.05, 4.69) is 10.6 Å². The highest BCUT2D eigenvalue weighted by molar-refractivity contribution is 7.99. The van der Waals surface area contributed by atoms with E-state index in [0.717, 1.165) is 31.9 Å². The number of ether oxygens (including phenoxy) is 1. The maximum Gasteiger partial charge on any atom is 0.230 e. The minimum Gasteiger partial charge on any atom is -0.377 e. The van der Waals surface area contributed by atoms with Crippen LogP contribution in [0.4, 0.5) is 0 Å². The van der Waals surface area contributed by atoms with E-state index in [0.29, 0.717) is 17.9 Å². The molecule has 1 atom stereocenters. The number of thioether (sulfide) groups is 1. The minimum absolute atomic E-state index is 0.156. The quantitative estimate of drug-likeness (QED) is 0.531. The van der Waals surface area contributed by atoms with Crippen molar-refractivity contribution in [3.63, 3.8) is 0 Å². The summed E-state index contributed by atoms with van der Waals surface area (Å²) in [5.74, 6) is 1.67. The summed E-state index contributed by atoms with van der Waals surface area (Å²) < 4.78 is 5.67. The molecule has 4 nitrogen and oxygen atoms in total. The molecule has 1 aliphatic heterocycles. The lowest BCUT2D eigenvalue weighted by molar-refractivity contribution is -0.118. The zero-order chi connectivity index (χ0) is 15.5. The Labute approximate surface area is 139 Å². The van der Waals surface area contributed by atoms with Crippen molar-refractivity contribution in [1.82, 2.24) is 10.6 Å². The van der Waals surface area contributed by atoms with Crippen molar-refractivity contribution in [3.05, 3.63) is 0 Å². The van der Waals surface area contributed by atoms with Gasteiger partial charge in [-0.15, -0.1) is 11.8 Å². The first kappa shape index (κ1) is 18.1. The molecule has 0 radical (unpaired) electrons. The van der Waals surface area contributed by atoms with Gasteiger partial charge in [-0.1, -0.05) is 25.7 Å². The van der Waals surface area contributed by atoms with Crippen LogP contribution in [-0.2, 0) is 9.53 Å². The first-order chi connectivity index (χ1) is 10.8. The number of rotatable bonds is 8. The summed E-state index contributed by atoms with van der Waals surface area (Å²) in [6.45, 7) is 2.53. The van der Waals surface area contributed by atoms with E-state index in [-0.39, 0.29) is 5.91 Å². The average Bonchev–Trinajstić information content (AvgIpc) is 2.81. The van der Waals surface area contributed by atoms with Crippen molar-refractivity contribution >= 4 is 17.7 Å². The lowest BCUT2D eigenvalue weighted by Crippen LogP contribution is -2.37. The number of hydrogen-bond acceptors (Lipinski definition) is 4. The van der Waals surface area contributed by atoms with E-state index < -0.39 is 0 Å². The molecule has 0 aromatic rings. The highest BCUT2D eigenvalue weighted by atomic mass is 32.2. The number of carbonyl (C=O) groups is 1. The summed E-state index contributed by atoms with van der Waals surface area (Å²) in [4.78, 5) is 11.8. The third-order valence-corrected chi connectivity index (χ3v) is 5.62. The molecule has 2 N–H and O–H groups in total. The number of carbonyl (C=O) groups excluding carboxylic acids is 1. The van der Waals surface area contributed by atoms with Gasteiger partial charge in [-0.2, -0.15) is 0 Å². The smallest absolute Gasteiger partial charge is 0.230 e. The summed E-state index contributed by atoms with van der Waals surface area (Å²) in [6.07, 6.45) is 12.0. The average molecular weight is 329 g/mol. The normalized spacial score (nSPS) is 23.9. The van der Waals surface area contributed by atoms with Gasteiger partial charge in [0.1, 0.15) is 0 Å². The second-order valence-corrected chi connectivity index (χ2v) is 7.53. The van der Waals surface area contributed by atoms with Gasteiger partial charge in [0.2, 0.25) is 5.91 Å². The maximum atomic E-state index is 11.8. The molecule has 0 bridgehead atoms. The molecule has 0 aromatic carbocycles. The van der Waals surface area contributed by atoms with Gasteiger partial charge in [-0.3, -0.25) is 4.79 Å². The Morgan fingerprint density at radius 3 is 2.50 bits per heavy atom. The third kappa shape index (κ3) is 7.84. The van der Waals surface area contributed by atoms with Crippen LogP contribution < -0.4 is 10.6 Å². The second kappa shape index (κ2) is 11.3. The molecule has 2 fully saturated rings. The topological polar surface area (TPSA) is 50.4 Å². The molecular weight excluding hydrogens is 296 g/mol. The molecule has 1 amide bonds. The van der Waals surface area contributed by atoms with Crippen molar-refractivity contribution in [2.45, 2.75) is 69.9 Å². The Morgan fingerprint density at radius 1 is 1.00 bits per heavy atom. The van der Waals surface area contributed by atoms with E-state index in [1.54, 1.807) is 11.8 Å². The molecular formula is C17H32N2O2S. The largest absolute Gasteiger partial charge is 0.377 e. The van der Waals surface area contributed by atoms with Crippen LogP contribution in [0.25, 0.3) is 0 Å². The fourth-order valence-electron chi connectivity index (χ4n) is 3.23. The monoisotopic (exact) mass is 328 g/mol. The van der Waals surface area contributed by atoms with Gasteiger partial charge in [0.05, 0.1) is 11.9 Å². The van der Waals surface area contributed by atoms with Gasteiger partial charge in [0.25, 0.3) is 0 Å². The fourth-order valence-corrected chi connectivity index (χ4v) is 4.17. The molecule has 1 unspecified atom stereocenters. The molecule has 2 rings (SSSR count). The van der Waals surface area contributed by atoms with Crippen LogP contribution in [0.3, 0.4) is 0 Å². The zero-order valence-corrected chi connectivity index (χ0v) is 14.6. The summed E-state index contributed by atoms with van der Waals surface area (Å²) >= 11 is 1.70. The molecule has 1 saturated heterocycles. The van der Waals surface area contributed by atoms with Crippen LogP contribution in [-0.4, -0.2) is 49.3 Å².